The molecule has 0 radical (unpaired) electrons. The van der Waals surface area contributed by atoms with Crippen molar-refractivity contribution >= 4 is 31.6 Å². The van der Waals surface area contributed by atoms with Gasteiger partial charge in [-0.15, -0.1) is 0 Å². The monoisotopic (exact) mass is 373 g/mol. The van der Waals surface area contributed by atoms with Crippen LogP contribution in [0.25, 0.3) is 0 Å². The van der Waals surface area contributed by atoms with Crippen molar-refractivity contribution in [3.8, 4) is 0 Å². The second-order valence-corrected chi connectivity index (χ2v) is 7.74. The van der Waals surface area contributed by atoms with E-state index in [0.29, 0.717) is 27.2 Å². The Hall–Kier alpha value is -1.38. The molecule has 0 aliphatic rings. The molecule has 0 amide bonds. The molecule has 0 aliphatic heterocycles. The highest BCUT2D eigenvalue weighted by atomic mass is 79.9. The Morgan fingerprint density at radius 2 is 2.00 bits per heavy atom. The molecule has 114 valence electrons. The van der Waals surface area contributed by atoms with Crippen LogP contribution >= 0.6 is 15.9 Å². The summed E-state index contributed by atoms with van der Waals surface area (Å²) >= 11 is 3.27. The summed E-state index contributed by atoms with van der Waals surface area (Å²) in [6, 6.07) is 4.93. The van der Waals surface area contributed by atoms with Gasteiger partial charge in [-0.1, -0.05) is 21.1 Å². The largest absolute Gasteiger partial charge is 0.398 e. The topological polar surface area (TPSA) is 89.4 Å². The predicted octanol–water partition coefficient (Wildman–Crippen LogP) is 2.46. The number of nitrogen functional groups attached to an aromatic ring is 1. The Labute approximate surface area is 132 Å². The smallest absolute Gasteiger partial charge is 0.243 e. The summed E-state index contributed by atoms with van der Waals surface area (Å²) in [5, 5.41) is 3.81. The molecule has 1 aromatic heterocycles. The summed E-state index contributed by atoms with van der Waals surface area (Å²) in [6.07, 6.45) is 0. The SMILES string of the molecule is Cc1cc(CN(C)S(=O)(=O)c2cc(Br)cc(N)c2C)no1. The molecule has 21 heavy (non-hydrogen) atoms. The average molecular weight is 374 g/mol. The number of hydrogen-bond acceptors (Lipinski definition) is 5. The second kappa shape index (κ2) is 5.78. The lowest BCUT2D eigenvalue weighted by atomic mass is 10.2. The molecule has 0 aliphatic carbocycles. The zero-order valence-corrected chi connectivity index (χ0v) is 14.3. The predicted molar refractivity (Wildman–Crippen MR) is 83.2 cm³/mol. The average Bonchev–Trinajstić information content (AvgIpc) is 2.79. The molecule has 0 saturated carbocycles. The first kappa shape index (κ1) is 16.0. The van der Waals surface area contributed by atoms with Gasteiger partial charge in [0.1, 0.15) is 5.76 Å². The quantitative estimate of drug-likeness (QED) is 0.831. The summed E-state index contributed by atoms with van der Waals surface area (Å²) in [6.45, 7) is 3.57. The van der Waals surface area contributed by atoms with Gasteiger partial charge in [-0.25, -0.2) is 8.42 Å². The van der Waals surface area contributed by atoms with E-state index in [9.17, 15) is 8.42 Å². The second-order valence-electron chi connectivity index (χ2n) is 4.81. The van der Waals surface area contributed by atoms with Crippen molar-refractivity contribution in [2.45, 2.75) is 25.3 Å². The van der Waals surface area contributed by atoms with Crippen molar-refractivity contribution in [1.82, 2.24) is 9.46 Å². The van der Waals surface area contributed by atoms with Gasteiger partial charge < -0.3 is 10.3 Å². The number of nitrogens with zero attached hydrogens (tertiary/aromatic N) is 2. The number of hydrogen-bond donors (Lipinski definition) is 1. The fraction of sp³-hybridized carbons (Fsp3) is 0.308. The molecular weight excluding hydrogens is 358 g/mol. The van der Waals surface area contributed by atoms with Crippen molar-refractivity contribution in [2.75, 3.05) is 12.8 Å². The summed E-state index contributed by atoms with van der Waals surface area (Å²) in [5.74, 6) is 0.638. The fourth-order valence-corrected chi connectivity index (χ4v) is 3.96. The van der Waals surface area contributed by atoms with Crippen LogP contribution in [-0.2, 0) is 16.6 Å². The molecule has 2 aromatic rings. The van der Waals surface area contributed by atoms with Gasteiger partial charge in [0.2, 0.25) is 10.0 Å². The Kier molecular flexibility index (Phi) is 4.40. The highest BCUT2D eigenvalue weighted by Gasteiger charge is 2.25. The number of halogens is 1. The number of aryl methyl sites for hydroxylation is 1. The van der Waals surface area contributed by atoms with Crippen LogP contribution in [0.2, 0.25) is 0 Å². The highest BCUT2D eigenvalue weighted by molar-refractivity contribution is 9.10. The zero-order chi connectivity index (χ0) is 15.8. The Morgan fingerprint density at radius 1 is 1.33 bits per heavy atom. The van der Waals surface area contributed by atoms with E-state index in [1.807, 2.05) is 0 Å². The molecule has 2 rings (SSSR count). The summed E-state index contributed by atoms with van der Waals surface area (Å²) < 4.78 is 32.1. The molecule has 0 bridgehead atoms. The van der Waals surface area contributed by atoms with E-state index in [0.717, 1.165) is 0 Å². The van der Waals surface area contributed by atoms with Gasteiger partial charge in [0.15, 0.2) is 0 Å². The third kappa shape index (κ3) is 3.28. The van der Waals surface area contributed by atoms with E-state index < -0.39 is 10.0 Å². The molecule has 6 nitrogen and oxygen atoms in total. The Balaban J connectivity index is 2.37. The molecule has 0 saturated heterocycles. The number of sulfonamides is 1. The number of rotatable bonds is 4. The maximum Gasteiger partial charge on any atom is 0.243 e. The van der Waals surface area contributed by atoms with Gasteiger partial charge in [0, 0.05) is 23.3 Å². The van der Waals surface area contributed by atoms with Crippen LogP contribution in [0.15, 0.2) is 32.1 Å². The fourth-order valence-electron chi connectivity index (χ4n) is 1.92. The lowest BCUT2D eigenvalue weighted by Gasteiger charge is -2.18. The molecule has 0 fully saturated rings. The van der Waals surface area contributed by atoms with Gasteiger partial charge >= 0.3 is 0 Å². The van der Waals surface area contributed by atoms with Gasteiger partial charge in [-0.2, -0.15) is 4.31 Å². The van der Waals surface area contributed by atoms with Crippen LogP contribution < -0.4 is 5.73 Å². The maximum absolute atomic E-state index is 12.7. The Bertz CT molecular complexity index is 771. The highest BCUT2D eigenvalue weighted by Crippen LogP contribution is 2.28. The molecule has 0 unspecified atom stereocenters. The first-order valence-corrected chi connectivity index (χ1v) is 8.39. The number of benzene rings is 1. The first-order valence-electron chi connectivity index (χ1n) is 6.16. The van der Waals surface area contributed by atoms with Crippen molar-refractivity contribution in [3.05, 3.63) is 39.7 Å². The van der Waals surface area contributed by atoms with Crippen molar-refractivity contribution in [1.29, 1.82) is 0 Å². The van der Waals surface area contributed by atoms with E-state index >= 15 is 0 Å². The minimum Gasteiger partial charge on any atom is -0.398 e. The first-order chi connectivity index (χ1) is 9.71. The molecule has 0 spiro atoms. The van der Waals surface area contributed by atoms with Crippen molar-refractivity contribution in [3.63, 3.8) is 0 Å². The third-order valence-corrected chi connectivity index (χ3v) is 5.50. The molecule has 1 heterocycles. The summed E-state index contributed by atoms with van der Waals surface area (Å²) in [5.41, 5.74) is 7.34. The van der Waals surface area contributed by atoms with Crippen LogP contribution in [0.5, 0.6) is 0 Å². The van der Waals surface area contributed by atoms with Crippen LogP contribution in [-0.4, -0.2) is 24.9 Å². The van der Waals surface area contributed by atoms with Crippen LogP contribution in [0.3, 0.4) is 0 Å². The Morgan fingerprint density at radius 3 is 2.57 bits per heavy atom. The molecule has 8 heteroatoms. The van der Waals surface area contributed by atoms with Gasteiger partial charge in [-0.3, -0.25) is 0 Å². The van der Waals surface area contributed by atoms with Gasteiger partial charge in [0.25, 0.3) is 0 Å². The van der Waals surface area contributed by atoms with Gasteiger partial charge in [0.05, 0.1) is 17.1 Å². The lowest BCUT2D eigenvalue weighted by Crippen LogP contribution is -2.27. The molecule has 1 aromatic carbocycles. The van der Waals surface area contributed by atoms with E-state index in [1.165, 1.54) is 11.4 Å². The van der Waals surface area contributed by atoms with E-state index in [2.05, 4.69) is 21.1 Å². The standard InChI is InChI=1S/C13H16BrN3O3S/c1-8-4-11(16-20-8)7-17(3)21(18,19)13-6-10(14)5-12(15)9(13)2/h4-6H,7,15H2,1-3H3. The maximum atomic E-state index is 12.7. The lowest BCUT2D eigenvalue weighted by molar-refractivity contribution is 0.378. The minimum atomic E-state index is -3.66. The number of nitrogens with two attached hydrogens (primary N) is 1. The van der Waals surface area contributed by atoms with Crippen molar-refractivity contribution in [2.24, 2.45) is 0 Å². The van der Waals surface area contributed by atoms with E-state index in [4.69, 9.17) is 10.3 Å². The summed E-state index contributed by atoms with van der Waals surface area (Å²) in [4.78, 5) is 0.178. The normalized spacial score (nSPS) is 12.0. The molecule has 2 N–H and O–H groups in total. The van der Waals surface area contributed by atoms with Crippen LogP contribution in [0.4, 0.5) is 5.69 Å². The van der Waals surface area contributed by atoms with Crippen molar-refractivity contribution < 1.29 is 12.9 Å². The number of aromatic nitrogens is 1. The van der Waals surface area contributed by atoms with Gasteiger partial charge in [-0.05, 0) is 31.5 Å². The molecule has 0 atom stereocenters. The number of anilines is 1. The van der Waals surface area contributed by atoms with E-state index in [-0.39, 0.29) is 11.4 Å². The third-order valence-electron chi connectivity index (χ3n) is 3.11. The van der Waals surface area contributed by atoms with E-state index in [1.54, 1.807) is 32.0 Å². The summed E-state index contributed by atoms with van der Waals surface area (Å²) in [7, 11) is -2.17. The zero-order valence-electron chi connectivity index (χ0n) is 11.9. The molecular formula is C13H16BrN3O3S. The van der Waals surface area contributed by atoms with Crippen LogP contribution in [0, 0.1) is 13.8 Å². The van der Waals surface area contributed by atoms with Crippen LogP contribution in [0.1, 0.15) is 17.0 Å². The minimum absolute atomic E-state index is 0.130.